The molecular formula is C23H26N2O4. The Morgan fingerprint density at radius 3 is 2.41 bits per heavy atom. The number of anilines is 1. The maximum Gasteiger partial charge on any atom is 0.340 e. The van der Waals surface area contributed by atoms with Crippen molar-refractivity contribution in [2.24, 2.45) is 5.92 Å². The molecule has 2 atom stereocenters. The fourth-order valence-electron chi connectivity index (χ4n) is 3.54. The third kappa shape index (κ3) is 5.67. The molecule has 1 aliphatic carbocycles. The summed E-state index contributed by atoms with van der Waals surface area (Å²) >= 11 is 0. The van der Waals surface area contributed by atoms with Crippen LogP contribution < -0.4 is 10.6 Å². The lowest BCUT2D eigenvalue weighted by atomic mass is 9.86. The second-order valence-electron chi connectivity index (χ2n) is 7.38. The molecule has 2 aromatic rings. The summed E-state index contributed by atoms with van der Waals surface area (Å²) in [5.74, 6) is -0.851. The number of carbonyl (C=O) groups is 3. The Morgan fingerprint density at radius 1 is 0.966 bits per heavy atom. The Kier molecular flexibility index (Phi) is 7.00. The van der Waals surface area contributed by atoms with Crippen LogP contribution >= 0.6 is 0 Å². The molecule has 152 valence electrons. The molecule has 6 nitrogen and oxygen atoms in total. The van der Waals surface area contributed by atoms with E-state index in [0.29, 0.717) is 17.2 Å². The third-order valence-electron chi connectivity index (χ3n) is 5.22. The molecule has 2 aromatic carbocycles. The monoisotopic (exact) mass is 394 g/mol. The van der Waals surface area contributed by atoms with Gasteiger partial charge in [-0.15, -0.1) is 0 Å². The number of nitrogens with one attached hydrogen (secondary N) is 2. The number of amides is 2. The quantitative estimate of drug-likeness (QED) is 0.730. The van der Waals surface area contributed by atoms with Gasteiger partial charge in [-0.25, -0.2) is 4.79 Å². The zero-order valence-corrected chi connectivity index (χ0v) is 16.5. The lowest BCUT2D eigenvalue weighted by Gasteiger charge is -2.29. The predicted octanol–water partition coefficient (Wildman–Crippen LogP) is 3.79. The van der Waals surface area contributed by atoms with Crippen LogP contribution in [-0.4, -0.2) is 30.4 Å². The molecule has 0 heterocycles. The van der Waals surface area contributed by atoms with Crippen LogP contribution in [0.1, 0.15) is 53.3 Å². The highest BCUT2D eigenvalue weighted by Crippen LogP contribution is 2.23. The maximum atomic E-state index is 12.5. The molecule has 0 spiro atoms. The minimum absolute atomic E-state index is 0.132. The van der Waals surface area contributed by atoms with Gasteiger partial charge in [0.05, 0.1) is 11.3 Å². The van der Waals surface area contributed by atoms with Crippen molar-refractivity contribution in [2.75, 3.05) is 11.9 Å². The van der Waals surface area contributed by atoms with Crippen molar-refractivity contribution in [1.29, 1.82) is 0 Å². The number of para-hydroxylation sites is 1. The first-order chi connectivity index (χ1) is 14.0. The van der Waals surface area contributed by atoms with Crippen molar-refractivity contribution in [3.8, 4) is 0 Å². The number of rotatable bonds is 6. The number of hydrogen-bond donors (Lipinski definition) is 2. The summed E-state index contributed by atoms with van der Waals surface area (Å²) in [6.45, 7) is 1.78. The van der Waals surface area contributed by atoms with E-state index >= 15 is 0 Å². The fourth-order valence-corrected chi connectivity index (χ4v) is 3.54. The molecule has 3 rings (SSSR count). The average molecular weight is 394 g/mol. The summed E-state index contributed by atoms with van der Waals surface area (Å²) in [5.41, 5.74) is 1.03. The lowest BCUT2D eigenvalue weighted by Crippen LogP contribution is -2.42. The molecule has 29 heavy (non-hydrogen) atoms. The molecular weight excluding hydrogens is 368 g/mol. The summed E-state index contributed by atoms with van der Waals surface area (Å²) in [6.07, 6.45) is 4.34. The van der Waals surface area contributed by atoms with Crippen LogP contribution in [0.25, 0.3) is 0 Å². The van der Waals surface area contributed by atoms with E-state index < -0.39 is 5.97 Å². The van der Waals surface area contributed by atoms with Gasteiger partial charge in [0.15, 0.2) is 6.61 Å². The minimum atomic E-state index is -0.652. The van der Waals surface area contributed by atoms with Crippen LogP contribution in [0.2, 0.25) is 0 Å². The highest BCUT2D eigenvalue weighted by Gasteiger charge is 2.23. The molecule has 0 aliphatic heterocycles. The highest BCUT2D eigenvalue weighted by atomic mass is 16.5. The average Bonchev–Trinajstić information content (AvgIpc) is 2.74. The summed E-state index contributed by atoms with van der Waals surface area (Å²) in [6, 6.07) is 15.4. The number of hydrogen-bond acceptors (Lipinski definition) is 4. The molecule has 2 N–H and O–H groups in total. The van der Waals surface area contributed by atoms with Gasteiger partial charge in [-0.3, -0.25) is 9.59 Å². The number of ether oxygens (including phenoxy) is 1. The first-order valence-electron chi connectivity index (χ1n) is 9.96. The normalized spacial score (nSPS) is 18.5. The largest absolute Gasteiger partial charge is 0.452 e. The van der Waals surface area contributed by atoms with Gasteiger partial charge in [-0.05, 0) is 43.0 Å². The highest BCUT2D eigenvalue weighted by molar-refractivity contribution is 6.08. The SMILES string of the molecule is C[C@H]1CCCC[C@H]1NC(=O)COC(=O)c1ccccc1NC(=O)c1ccccc1. The van der Waals surface area contributed by atoms with E-state index in [0.717, 1.165) is 19.3 Å². The molecule has 0 radical (unpaired) electrons. The van der Waals surface area contributed by atoms with Crippen LogP contribution in [0.3, 0.4) is 0 Å². The van der Waals surface area contributed by atoms with Crippen molar-refractivity contribution >= 4 is 23.5 Å². The van der Waals surface area contributed by atoms with Gasteiger partial charge >= 0.3 is 5.97 Å². The Labute approximate surface area is 170 Å². The van der Waals surface area contributed by atoms with E-state index in [1.807, 2.05) is 6.07 Å². The van der Waals surface area contributed by atoms with Gasteiger partial charge < -0.3 is 15.4 Å². The van der Waals surface area contributed by atoms with Crippen LogP contribution in [0.4, 0.5) is 5.69 Å². The first-order valence-corrected chi connectivity index (χ1v) is 9.96. The minimum Gasteiger partial charge on any atom is -0.452 e. The second kappa shape index (κ2) is 9.87. The van der Waals surface area contributed by atoms with E-state index in [2.05, 4.69) is 17.6 Å². The predicted molar refractivity (Wildman–Crippen MR) is 111 cm³/mol. The molecule has 0 bridgehead atoms. The Balaban J connectivity index is 1.58. The number of benzene rings is 2. The Hall–Kier alpha value is -3.15. The summed E-state index contributed by atoms with van der Waals surface area (Å²) < 4.78 is 5.19. The van der Waals surface area contributed by atoms with Crippen molar-refractivity contribution in [2.45, 2.75) is 38.6 Å². The number of carbonyl (C=O) groups excluding carboxylic acids is 3. The van der Waals surface area contributed by atoms with Crippen LogP contribution in [-0.2, 0) is 9.53 Å². The van der Waals surface area contributed by atoms with Gasteiger partial charge in [0, 0.05) is 11.6 Å². The molecule has 0 unspecified atom stereocenters. The molecule has 0 aromatic heterocycles. The molecule has 1 fully saturated rings. The van der Waals surface area contributed by atoms with E-state index in [4.69, 9.17) is 4.74 Å². The number of esters is 1. The van der Waals surface area contributed by atoms with Crippen molar-refractivity contribution < 1.29 is 19.1 Å². The zero-order chi connectivity index (χ0) is 20.6. The van der Waals surface area contributed by atoms with Gasteiger partial charge in [0.1, 0.15) is 0 Å². The summed E-state index contributed by atoms with van der Waals surface area (Å²) in [5, 5.41) is 5.68. The fraction of sp³-hybridized carbons (Fsp3) is 0.348. The lowest BCUT2D eigenvalue weighted by molar-refractivity contribution is -0.125. The smallest absolute Gasteiger partial charge is 0.340 e. The Bertz CT molecular complexity index is 866. The topological polar surface area (TPSA) is 84.5 Å². The Morgan fingerprint density at radius 2 is 1.66 bits per heavy atom. The van der Waals surface area contributed by atoms with E-state index in [9.17, 15) is 14.4 Å². The standard InChI is InChI=1S/C23H26N2O4/c1-16-9-5-7-13-19(16)24-21(26)15-29-23(28)18-12-6-8-14-20(18)25-22(27)17-10-3-2-4-11-17/h2-4,6,8,10-12,14,16,19H,5,7,9,13,15H2,1H3,(H,24,26)(H,25,27)/t16-,19+/m0/s1. The van der Waals surface area contributed by atoms with Gasteiger partial charge in [0.25, 0.3) is 11.8 Å². The van der Waals surface area contributed by atoms with Crippen LogP contribution in [0.5, 0.6) is 0 Å². The van der Waals surface area contributed by atoms with Crippen LogP contribution in [0.15, 0.2) is 54.6 Å². The zero-order valence-electron chi connectivity index (χ0n) is 16.5. The van der Waals surface area contributed by atoms with E-state index in [-0.39, 0.29) is 30.0 Å². The second-order valence-corrected chi connectivity index (χ2v) is 7.38. The van der Waals surface area contributed by atoms with Gasteiger partial charge in [-0.2, -0.15) is 0 Å². The molecule has 1 saturated carbocycles. The first kappa shape index (κ1) is 20.6. The third-order valence-corrected chi connectivity index (χ3v) is 5.22. The van der Waals surface area contributed by atoms with E-state index in [1.54, 1.807) is 48.5 Å². The van der Waals surface area contributed by atoms with Gasteiger partial charge in [0.2, 0.25) is 0 Å². The molecule has 1 aliphatic rings. The van der Waals surface area contributed by atoms with Crippen molar-refractivity contribution in [1.82, 2.24) is 5.32 Å². The summed E-state index contributed by atoms with van der Waals surface area (Å²) in [7, 11) is 0. The maximum absolute atomic E-state index is 12.5. The van der Waals surface area contributed by atoms with Crippen molar-refractivity contribution in [3.63, 3.8) is 0 Å². The summed E-state index contributed by atoms with van der Waals surface area (Å²) in [4.78, 5) is 37.1. The van der Waals surface area contributed by atoms with Gasteiger partial charge in [-0.1, -0.05) is 50.1 Å². The van der Waals surface area contributed by atoms with Crippen LogP contribution in [0, 0.1) is 5.92 Å². The van der Waals surface area contributed by atoms with E-state index in [1.165, 1.54) is 6.42 Å². The van der Waals surface area contributed by atoms with Crippen molar-refractivity contribution in [3.05, 3.63) is 65.7 Å². The molecule has 0 saturated heterocycles. The molecule has 6 heteroatoms. The molecule has 2 amide bonds.